The zero-order valence-corrected chi connectivity index (χ0v) is 12.6. The van der Waals surface area contributed by atoms with Gasteiger partial charge in [0.2, 0.25) is 0 Å². The molecule has 3 heteroatoms. The van der Waals surface area contributed by atoms with E-state index in [0.717, 1.165) is 27.2 Å². The smallest absolute Gasteiger partial charge is 0.0502 e. The second kappa shape index (κ2) is 5.92. The van der Waals surface area contributed by atoms with E-state index in [1.807, 2.05) is 13.0 Å². The van der Waals surface area contributed by atoms with Crippen molar-refractivity contribution < 1.29 is 0 Å². The molecule has 1 aromatic rings. The second-order valence-corrected chi connectivity index (χ2v) is 5.75. The molecular weight excluding hydrogens is 286 g/mol. The van der Waals surface area contributed by atoms with Gasteiger partial charge in [-0.05, 0) is 52.9 Å². The van der Waals surface area contributed by atoms with Gasteiger partial charge in [0.1, 0.15) is 0 Å². The summed E-state index contributed by atoms with van der Waals surface area (Å²) < 4.78 is 1.08. The molecule has 0 amide bonds. The molecule has 0 aliphatic heterocycles. The van der Waals surface area contributed by atoms with Gasteiger partial charge in [-0.25, -0.2) is 0 Å². The maximum Gasteiger partial charge on any atom is 0.0502 e. The van der Waals surface area contributed by atoms with Crippen LogP contribution >= 0.6 is 27.5 Å². The monoisotopic (exact) mass is 303 g/mol. The van der Waals surface area contributed by atoms with Crippen molar-refractivity contribution >= 4 is 33.2 Å². The molecule has 0 bridgehead atoms. The standard InChI is InChI=1S/C13H19BrClN/c1-5-12(8(2)3)16-13-7-11(15)9(4)6-10(13)14/h6-8,12,16H,5H2,1-4H3. The third-order valence-electron chi connectivity index (χ3n) is 2.83. The first-order chi connectivity index (χ1) is 7.45. The minimum absolute atomic E-state index is 0.482. The van der Waals surface area contributed by atoms with Gasteiger partial charge in [0.15, 0.2) is 0 Å². The highest BCUT2D eigenvalue weighted by Crippen LogP contribution is 2.30. The van der Waals surface area contributed by atoms with Crippen LogP contribution in [0.1, 0.15) is 32.8 Å². The minimum Gasteiger partial charge on any atom is -0.381 e. The Bertz CT molecular complexity index is 363. The van der Waals surface area contributed by atoms with Gasteiger partial charge in [0.25, 0.3) is 0 Å². The van der Waals surface area contributed by atoms with Gasteiger partial charge in [-0.3, -0.25) is 0 Å². The van der Waals surface area contributed by atoms with Gasteiger partial charge < -0.3 is 5.32 Å². The highest BCUT2D eigenvalue weighted by Gasteiger charge is 2.13. The lowest BCUT2D eigenvalue weighted by molar-refractivity contribution is 0.511. The van der Waals surface area contributed by atoms with Crippen LogP contribution in [0.3, 0.4) is 0 Å². The third kappa shape index (κ3) is 3.39. The van der Waals surface area contributed by atoms with Crippen molar-refractivity contribution in [2.24, 2.45) is 5.92 Å². The van der Waals surface area contributed by atoms with Gasteiger partial charge in [0, 0.05) is 15.5 Å². The molecule has 1 aromatic carbocycles. The van der Waals surface area contributed by atoms with E-state index < -0.39 is 0 Å². The number of benzene rings is 1. The van der Waals surface area contributed by atoms with Crippen LogP contribution in [0.4, 0.5) is 5.69 Å². The van der Waals surface area contributed by atoms with E-state index >= 15 is 0 Å². The number of halogens is 2. The zero-order chi connectivity index (χ0) is 12.3. The van der Waals surface area contributed by atoms with Gasteiger partial charge in [-0.15, -0.1) is 0 Å². The Morgan fingerprint density at radius 2 is 2.00 bits per heavy atom. The lowest BCUT2D eigenvalue weighted by Crippen LogP contribution is -2.24. The predicted molar refractivity (Wildman–Crippen MR) is 76.4 cm³/mol. The van der Waals surface area contributed by atoms with Gasteiger partial charge in [-0.1, -0.05) is 32.4 Å². The van der Waals surface area contributed by atoms with Crippen LogP contribution < -0.4 is 5.32 Å². The fourth-order valence-corrected chi connectivity index (χ4v) is 2.43. The molecule has 0 heterocycles. The fraction of sp³-hybridized carbons (Fsp3) is 0.538. The topological polar surface area (TPSA) is 12.0 Å². The van der Waals surface area contributed by atoms with E-state index in [0.29, 0.717) is 12.0 Å². The molecule has 0 aliphatic rings. The first-order valence-corrected chi connectivity index (χ1v) is 6.85. The highest BCUT2D eigenvalue weighted by molar-refractivity contribution is 9.10. The average molecular weight is 305 g/mol. The Morgan fingerprint density at radius 3 is 2.50 bits per heavy atom. The summed E-state index contributed by atoms with van der Waals surface area (Å²) in [6.45, 7) is 8.66. The van der Waals surface area contributed by atoms with Crippen LogP contribution in [0.5, 0.6) is 0 Å². The van der Waals surface area contributed by atoms with Crippen molar-refractivity contribution in [3.8, 4) is 0 Å². The lowest BCUT2D eigenvalue weighted by atomic mass is 10.0. The van der Waals surface area contributed by atoms with E-state index in [-0.39, 0.29) is 0 Å². The molecule has 90 valence electrons. The van der Waals surface area contributed by atoms with Crippen molar-refractivity contribution in [3.63, 3.8) is 0 Å². The fourth-order valence-electron chi connectivity index (χ4n) is 1.70. The molecule has 1 unspecified atom stereocenters. The van der Waals surface area contributed by atoms with Gasteiger partial charge >= 0.3 is 0 Å². The van der Waals surface area contributed by atoms with Crippen molar-refractivity contribution in [3.05, 3.63) is 27.2 Å². The van der Waals surface area contributed by atoms with Crippen molar-refractivity contribution in [1.82, 2.24) is 0 Å². The molecule has 0 radical (unpaired) electrons. The van der Waals surface area contributed by atoms with Crippen LogP contribution in [0.25, 0.3) is 0 Å². The van der Waals surface area contributed by atoms with Crippen molar-refractivity contribution in [2.45, 2.75) is 40.2 Å². The summed E-state index contributed by atoms with van der Waals surface area (Å²) in [5.41, 5.74) is 2.17. The Balaban J connectivity index is 2.92. The van der Waals surface area contributed by atoms with Gasteiger partial charge in [-0.2, -0.15) is 0 Å². The summed E-state index contributed by atoms with van der Waals surface area (Å²) in [7, 11) is 0. The molecular formula is C13H19BrClN. The number of hydrogen-bond acceptors (Lipinski definition) is 1. The van der Waals surface area contributed by atoms with Gasteiger partial charge in [0.05, 0.1) is 5.69 Å². The average Bonchev–Trinajstić information content (AvgIpc) is 2.21. The summed E-state index contributed by atoms with van der Waals surface area (Å²) in [4.78, 5) is 0. The normalized spacial score (nSPS) is 12.9. The third-order valence-corrected chi connectivity index (χ3v) is 3.90. The van der Waals surface area contributed by atoms with E-state index in [1.54, 1.807) is 0 Å². The molecule has 0 aliphatic carbocycles. The minimum atomic E-state index is 0.482. The maximum absolute atomic E-state index is 6.13. The van der Waals surface area contributed by atoms with Crippen molar-refractivity contribution in [1.29, 1.82) is 0 Å². The zero-order valence-electron chi connectivity index (χ0n) is 10.3. The van der Waals surface area contributed by atoms with E-state index in [9.17, 15) is 0 Å². The number of anilines is 1. The van der Waals surface area contributed by atoms with E-state index in [4.69, 9.17) is 11.6 Å². The molecule has 0 aromatic heterocycles. The van der Waals surface area contributed by atoms with Crippen LogP contribution in [0.15, 0.2) is 16.6 Å². The molecule has 0 fully saturated rings. The number of hydrogen-bond donors (Lipinski definition) is 1. The Labute approximate surface area is 112 Å². The van der Waals surface area contributed by atoms with Crippen molar-refractivity contribution in [2.75, 3.05) is 5.32 Å². The van der Waals surface area contributed by atoms with E-state index in [2.05, 4.69) is 48.1 Å². The highest BCUT2D eigenvalue weighted by atomic mass is 79.9. The number of rotatable bonds is 4. The molecule has 0 saturated heterocycles. The van der Waals surface area contributed by atoms with Crippen LogP contribution in [0, 0.1) is 12.8 Å². The Morgan fingerprint density at radius 1 is 1.38 bits per heavy atom. The molecule has 0 saturated carbocycles. The molecule has 1 N–H and O–H groups in total. The lowest BCUT2D eigenvalue weighted by Gasteiger charge is -2.23. The summed E-state index contributed by atoms with van der Waals surface area (Å²) in [6.07, 6.45) is 1.11. The summed E-state index contributed by atoms with van der Waals surface area (Å²) in [5, 5.41) is 4.34. The van der Waals surface area contributed by atoms with E-state index in [1.165, 1.54) is 0 Å². The van der Waals surface area contributed by atoms with Crippen LogP contribution in [-0.2, 0) is 0 Å². The maximum atomic E-state index is 6.13. The first-order valence-electron chi connectivity index (χ1n) is 5.67. The Hall–Kier alpha value is -0.210. The summed E-state index contributed by atoms with van der Waals surface area (Å²) >= 11 is 9.70. The number of aryl methyl sites for hydroxylation is 1. The second-order valence-electron chi connectivity index (χ2n) is 4.48. The van der Waals surface area contributed by atoms with Crippen LogP contribution in [0.2, 0.25) is 5.02 Å². The summed E-state index contributed by atoms with van der Waals surface area (Å²) in [5.74, 6) is 0.608. The molecule has 0 spiro atoms. The van der Waals surface area contributed by atoms with Crippen LogP contribution in [-0.4, -0.2) is 6.04 Å². The summed E-state index contributed by atoms with van der Waals surface area (Å²) in [6, 6.07) is 4.53. The SMILES string of the molecule is CCC(Nc1cc(Cl)c(C)cc1Br)C(C)C. The molecule has 1 atom stereocenters. The largest absolute Gasteiger partial charge is 0.381 e. The Kier molecular flexibility index (Phi) is 5.13. The predicted octanol–water partition coefficient (Wildman–Crippen LogP) is 5.26. The first kappa shape index (κ1) is 13.9. The molecule has 1 nitrogen and oxygen atoms in total. The number of nitrogens with one attached hydrogen (secondary N) is 1. The molecule has 16 heavy (non-hydrogen) atoms. The quantitative estimate of drug-likeness (QED) is 0.800. The molecule has 1 rings (SSSR count).